The molecule has 0 aliphatic heterocycles. The van der Waals surface area contributed by atoms with Crippen LogP contribution in [0.4, 0.5) is 4.39 Å². The Bertz CT molecular complexity index is 973. The van der Waals surface area contributed by atoms with Crippen molar-refractivity contribution in [2.24, 2.45) is 0 Å². The summed E-state index contributed by atoms with van der Waals surface area (Å²) in [5.41, 5.74) is 3.13. The van der Waals surface area contributed by atoms with Crippen LogP contribution in [0, 0.1) is 5.82 Å². The molecule has 2 nitrogen and oxygen atoms in total. The van der Waals surface area contributed by atoms with Gasteiger partial charge in [0, 0.05) is 27.5 Å². The van der Waals surface area contributed by atoms with Gasteiger partial charge >= 0.3 is 0 Å². The van der Waals surface area contributed by atoms with Crippen molar-refractivity contribution in [1.29, 1.82) is 0 Å². The van der Waals surface area contributed by atoms with Crippen molar-refractivity contribution in [1.82, 2.24) is 4.98 Å². The van der Waals surface area contributed by atoms with Crippen LogP contribution in [-0.4, -0.2) is 4.98 Å². The van der Waals surface area contributed by atoms with E-state index in [9.17, 15) is 4.39 Å². The van der Waals surface area contributed by atoms with Crippen LogP contribution >= 0.6 is 23.4 Å². The van der Waals surface area contributed by atoms with Crippen LogP contribution in [0.1, 0.15) is 5.56 Å². The molecule has 0 N–H and O–H groups in total. The van der Waals surface area contributed by atoms with E-state index in [4.69, 9.17) is 16.0 Å². The van der Waals surface area contributed by atoms with E-state index in [1.54, 1.807) is 12.1 Å². The summed E-state index contributed by atoms with van der Waals surface area (Å²) in [5.74, 6) is 0.714. The van der Waals surface area contributed by atoms with Crippen molar-refractivity contribution < 1.29 is 8.81 Å². The Morgan fingerprint density at radius 2 is 1.52 bits per heavy atom. The van der Waals surface area contributed by atoms with Crippen LogP contribution in [0.5, 0.6) is 0 Å². The Morgan fingerprint density at radius 1 is 0.852 bits per heavy atom. The second-order valence-corrected chi connectivity index (χ2v) is 7.21. The van der Waals surface area contributed by atoms with E-state index in [2.05, 4.69) is 4.98 Å². The van der Waals surface area contributed by atoms with E-state index in [0.29, 0.717) is 27.3 Å². The number of hydrogen-bond acceptors (Lipinski definition) is 3. The molecule has 0 aliphatic carbocycles. The first-order valence-electron chi connectivity index (χ1n) is 8.40. The van der Waals surface area contributed by atoms with Crippen LogP contribution in [0.25, 0.3) is 22.6 Å². The van der Waals surface area contributed by atoms with Crippen LogP contribution in [0.2, 0.25) is 5.02 Å². The molecule has 0 fully saturated rings. The van der Waals surface area contributed by atoms with Crippen molar-refractivity contribution >= 4 is 23.4 Å². The third-order valence-electron chi connectivity index (χ3n) is 4.09. The molecule has 27 heavy (non-hydrogen) atoms. The lowest BCUT2D eigenvalue weighted by molar-refractivity contribution is 0.466. The fraction of sp³-hybridized carbons (Fsp3) is 0.0455. The summed E-state index contributed by atoms with van der Waals surface area (Å²) in [6, 6.07) is 24.4. The van der Waals surface area contributed by atoms with Gasteiger partial charge in [-0.2, -0.15) is 0 Å². The maximum atomic E-state index is 14.0. The van der Waals surface area contributed by atoms with Crippen molar-refractivity contribution in [2.45, 2.75) is 11.0 Å². The standard InChI is InChI=1S/C22H15ClFNOS/c23-18-12-7-13-19(24)17(18)14-27-22-25-20(15-8-3-1-4-9-15)21(26-22)16-10-5-2-6-11-16/h1-13H,14H2. The molecule has 0 radical (unpaired) electrons. The highest BCUT2D eigenvalue weighted by atomic mass is 35.5. The summed E-state index contributed by atoms with van der Waals surface area (Å²) < 4.78 is 20.1. The number of benzene rings is 3. The van der Waals surface area contributed by atoms with E-state index in [0.717, 1.165) is 16.8 Å². The van der Waals surface area contributed by atoms with E-state index >= 15 is 0 Å². The minimum atomic E-state index is -0.326. The second kappa shape index (κ2) is 7.99. The largest absolute Gasteiger partial charge is 0.431 e. The number of nitrogens with zero attached hydrogens (tertiary/aromatic N) is 1. The quantitative estimate of drug-likeness (QED) is 0.337. The fourth-order valence-corrected chi connectivity index (χ4v) is 3.91. The first kappa shape index (κ1) is 17.8. The second-order valence-electron chi connectivity index (χ2n) is 5.88. The lowest BCUT2D eigenvalue weighted by Gasteiger charge is -2.03. The Hall–Kier alpha value is -2.56. The molecular weight excluding hydrogens is 381 g/mol. The van der Waals surface area contributed by atoms with Crippen molar-refractivity contribution in [2.75, 3.05) is 0 Å². The summed E-state index contributed by atoms with van der Waals surface area (Å²) in [4.78, 5) is 4.66. The van der Waals surface area contributed by atoms with Gasteiger partial charge < -0.3 is 4.42 Å². The molecule has 0 amide bonds. The maximum Gasteiger partial charge on any atom is 0.257 e. The maximum absolute atomic E-state index is 14.0. The van der Waals surface area contributed by atoms with Crippen molar-refractivity contribution in [3.63, 3.8) is 0 Å². The molecule has 0 spiro atoms. The van der Waals surface area contributed by atoms with Gasteiger partial charge in [-0.25, -0.2) is 9.37 Å². The molecule has 1 heterocycles. The minimum Gasteiger partial charge on any atom is -0.431 e. The number of oxazole rings is 1. The summed E-state index contributed by atoms with van der Waals surface area (Å²) in [5, 5.41) is 0.882. The third kappa shape index (κ3) is 3.92. The van der Waals surface area contributed by atoms with Crippen LogP contribution in [0.3, 0.4) is 0 Å². The van der Waals surface area contributed by atoms with E-state index in [1.165, 1.54) is 17.8 Å². The molecule has 0 saturated heterocycles. The molecule has 4 rings (SSSR count). The molecule has 5 heteroatoms. The molecule has 1 aromatic heterocycles. The average molecular weight is 396 g/mol. The molecule has 3 aromatic carbocycles. The highest BCUT2D eigenvalue weighted by Gasteiger charge is 2.18. The van der Waals surface area contributed by atoms with Gasteiger partial charge in [0.1, 0.15) is 11.5 Å². The van der Waals surface area contributed by atoms with Crippen molar-refractivity contribution in [3.05, 3.63) is 95.3 Å². The third-order valence-corrected chi connectivity index (χ3v) is 5.30. The number of hydrogen-bond donors (Lipinski definition) is 0. The topological polar surface area (TPSA) is 26.0 Å². The zero-order valence-electron chi connectivity index (χ0n) is 14.2. The molecule has 0 saturated carbocycles. The fourth-order valence-electron chi connectivity index (χ4n) is 2.74. The van der Waals surface area contributed by atoms with Crippen LogP contribution in [-0.2, 0) is 5.75 Å². The number of thioether (sulfide) groups is 1. The Morgan fingerprint density at radius 3 is 2.19 bits per heavy atom. The predicted octanol–water partition coefficient (Wildman–Crippen LogP) is 7.09. The normalized spacial score (nSPS) is 10.9. The smallest absolute Gasteiger partial charge is 0.257 e. The highest BCUT2D eigenvalue weighted by Crippen LogP contribution is 2.37. The zero-order chi connectivity index (χ0) is 18.6. The first-order chi connectivity index (χ1) is 13.2. The van der Waals surface area contributed by atoms with Gasteiger partial charge in [-0.3, -0.25) is 0 Å². The van der Waals surface area contributed by atoms with Gasteiger partial charge in [-0.15, -0.1) is 0 Å². The lowest BCUT2D eigenvalue weighted by atomic mass is 10.1. The molecule has 134 valence electrons. The summed E-state index contributed by atoms with van der Waals surface area (Å²) >= 11 is 7.44. The first-order valence-corrected chi connectivity index (χ1v) is 9.76. The van der Waals surface area contributed by atoms with Crippen molar-refractivity contribution in [3.8, 4) is 22.6 Å². The summed E-state index contributed by atoms with van der Waals surface area (Å²) in [6.07, 6.45) is 0. The number of rotatable bonds is 5. The summed E-state index contributed by atoms with van der Waals surface area (Å²) in [6.45, 7) is 0. The molecule has 0 atom stereocenters. The predicted molar refractivity (Wildman–Crippen MR) is 108 cm³/mol. The van der Waals surface area contributed by atoms with Gasteiger partial charge in [-0.1, -0.05) is 90.1 Å². The molecule has 0 unspecified atom stereocenters. The Kier molecular flexibility index (Phi) is 5.28. The molecule has 4 aromatic rings. The monoisotopic (exact) mass is 395 g/mol. The van der Waals surface area contributed by atoms with Gasteiger partial charge in [0.05, 0.1) is 0 Å². The summed E-state index contributed by atoms with van der Waals surface area (Å²) in [7, 11) is 0. The van der Waals surface area contributed by atoms with Gasteiger partial charge in [-0.05, 0) is 12.1 Å². The highest BCUT2D eigenvalue weighted by molar-refractivity contribution is 7.98. The van der Waals surface area contributed by atoms with E-state index in [1.807, 2.05) is 60.7 Å². The molecular formula is C22H15ClFNOS. The molecule has 0 bridgehead atoms. The molecule has 0 aliphatic rings. The van der Waals surface area contributed by atoms with E-state index in [-0.39, 0.29) is 5.82 Å². The number of halogens is 2. The average Bonchev–Trinajstić information content (AvgIpc) is 3.13. The van der Waals surface area contributed by atoms with E-state index < -0.39 is 0 Å². The Labute approximate surface area is 166 Å². The van der Waals surface area contributed by atoms with Gasteiger partial charge in [0.15, 0.2) is 5.76 Å². The number of aromatic nitrogens is 1. The van der Waals surface area contributed by atoms with Crippen LogP contribution in [0.15, 0.2) is 88.5 Å². The minimum absolute atomic E-state index is 0.326. The van der Waals surface area contributed by atoms with Gasteiger partial charge in [0.2, 0.25) is 0 Å². The van der Waals surface area contributed by atoms with Crippen LogP contribution < -0.4 is 0 Å². The lowest BCUT2D eigenvalue weighted by Crippen LogP contribution is -1.89. The SMILES string of the molecule is Fc1cccc(Cl)c1CSc1nc(-c2ccccc2)c(-c2ccccc2)o1. The zero-order valence-corrected chi connectivity index (χ0v) is 15.8. The van der Waals surface area contributed by atoms with Gasteiger partial charge in [0.25, 0.3) is 5.22 Å². The Balaban J connectivity index is 1.69.